The SMILES string of the molecule is c1ccc(-c2c3ccccc3c(-c3ccc(-c4cccc5c4ccc4cc6ccccc6cc45)cn3)c3ccccc23)cc1. The molecule has 0 aliphatic heterocycles. The summed E-state index contributed by atoms with van der Waals surface area (Å²) >= 11 is 0. The Morgan fingerprint density at radius 1 is 0.318 bits per heavy atom. The molecule has 0 N–H and O–H groups in total. The second-order valence-corrected chi connectivity index (χ2v) is 11.5. The van der Waals surface area contributed by atoms with E-state index in [1.165, 1.54) is 76.1 Å². The molecule has 0 saturated heterocycles. The smallest absolute Gasteiger partial charge is 0.0714 e. The summed E-state index contributed by atoms with van der Waals surface area (Å²) in [4.78, 5) is 5.14. The molecule has 0 amide bonds. The molecular weight excluding hydrogens is 530 g/mol. The van der Waals surface area contributed by atoms with Gasteiger partial charge < -0.3 is 0 Å². The molecule has 0 spiro atoms. The summed E-state index contributed by atoms with van der Waals surface area (Å²) in [5.41, 5.74) is 6.98. The van der Waals surface area contributed by atoms with Crippen LogP contribution in [0.4, 0.5) is 0 Å². The zero-order valence-electron chi connectivity index (χ0n) is 24.0. The number of pyridine rings is 1. The molecule has 0 fully saturated rings. The summed E-state index contributed by atoms with van der Waals surface area (Å²) in [6.45, 7) is 0. The van der Waals surface area contributed by atoms with E-state index < -0.39 is 0 Å². The minimum Gasteiger partial charge on any atom is -0.256 e. The molecule has 9 aromatic rings. The van der Waals surface area contributed by atoms with Gasteiger partial charge in [-0.1, -0.05) is 140 Å². The monoisotopic (exact) mass is 557 g/mol. The number of hydrogen-bond donors (Lipinski definition) is 0. The third-order valence-corrected chi connectivity index (χ3v) is 9.07. The van der Waals surface area contributed by atoms with Gasteiger partial charge in [0.25, 0.3) is 0 Å². The lowest BCUT2D eigenvalue weighted by atomic mass is 9.87. The molecule has 1 aromatic heterocycles. The van der Waals surface area contributed by atoms with Gasteiger partial charge in [0.15, 0.2) is 0 Å². The molecule has 0 aliphatic rings. The first-order valence-corrected chi connectivity index (χ1v) is 15.1. The molecule has 1 nitrogen and oxygen atoms in total. The number of nitrogens with zero attached hydrogens (tertiary/aromatic N) is 1. The average Bonchev–Trinajstić information content (AvgIpc) is 3.10. The Balaban J connectivity index is 1.23. The van der Waals surface area contributed by atoms with Crippen molar-refractivity contribution < 1.29 is 0 Å². The van der Waals surface area contributed by atoms with E-state index in [1.807, 2.05) is 6.20 Å². The number of rotatable bonds is 3. The molecule has 0 aliphatic carbocycles. The fourth-order valence-corrected chi connectivity index (χ4v) is 7.05. The highest BCUT2D eigenvalue weighted by Crippen LogP contribution is 2.43. The Labute approximate surface area is 255 Å². The topological polar surface area (TPSA) is 12.9 Å². The van der Waals surface area contributed by atoms with Crippen LogP contribution in [0.15, 0.2) is 164 Å². The highest BCUT2D eigenvalue weighted by Gasteiger charge is 2.17. The predicted molar refractivity (Wildman–Crippen MR) is 188 cm³/mol. The standard InChI is InChI=1S/C43H27N/c1-2-11-28(12-3-1)42-36-15-6-8-17-38(36)43(39-18-9-7-16-37(39)42)41-24-22-32(27-44-41)33-19-10-20-34-35(33)23-21-31-25-29-13-4-5-14-30(29)26-40(31)34/h1-27H. The minimum atomic E-state index is 0.984. The number of benzene rings is 8. The molecule has 0 saturated carbocycles. The second kappa shape index (κ2) is 9.90. The lowest BCUT2D eigenvalue weighted by Crippen LogP contribution is -1.92. The van der Waals surface area contributed by atoms with Gasteiger partial charge in [-0.25, -0.2) is 0 Å². The van der Waals surface area contributed by atoms with Gasteiger partial charge >= 0.3 is 0 Å². The van der Waals surface area contributed by atoms with E-state index in [0.29, 0.717) is 0 Å². The maximum atomic E-state index is 5.14. The normalized spacial score (nSPS) is 11.6. The van der Waals surface area contributed by atoms with Crippen LogP contribution in [0.1, 0.15) is 0 Å². The second-order valence-electron chi connectivity index (χ2n) is 11.5. The van der Waals surface area contributed by atoms with Crippen molar-refractivity contribution in [2.24, 2.45) is 0 Å². The summed E-state index contributed by atoms with van der Waals surface area (Å²) in [5.74, 6) is 0. The van der Waals surface area contributed by atoms with Gasteiger partial charge in [-0.2, -0.15) is 0 Å². The van der Waals surface area contributed by atoms with E-state index >= 15 is 0 Å². The molecule has 44 heavy (non-hydrogen) atoms. The fourth-order valence-electron chi connectivity index (χ4n) is 7.05. The third kappa shape index (κ3) is 3.83. The van der Waals surface area contributed by atoms with Crippen LogP contribution in [0.25, 0.3) is 87.4 Å². The summed E-state index contributed by atoms with van der Waals surface area (Å²) in [6, 6.07) is 57.0. The van der Waals surface area contributed by atoms with Crippen LogP contribution in [0.2, 0.25) is 0 Å². The van der Waals surface area contributed by atoms with Gasteiger partial charge in [0.05, 0.1) is 5.69 Å². The van der Waals surface area contributed by atoms with Crippen molar-refractivity contribution in [1.82, 2.24) is 4.98 Å². The van der Waals surface area contributed by atoms with Crippen LogP contribution in [-0.2, 0) is 0 Å². The highest BCUT2D eigenvalue weighted by atomic mass is 14.7. The quantitative estimate of drug-likeness (QED) is 0.155. The van der Waals surface area contributed by atoms with Crippen molar-refractivity contribution in [1.29, 1.82) is 0 Å². The van der Waals surface area contributed by atoms with Gasteiger partial charge in [0, 0.05) is 17.3 Å². The molecule has 8 aromatic carbocycles. The lowest BCUT2D eigenvalue weighted by molar-refractivity contribution is 1.34. The Kier molecular flexibility index (Phi) is 5.57. The Hall–Kier alpha value is -5.79. The van der Waals surface area contributed by atoms with E-state index in [1.54, 1.807) is 0 Å². The molecule has 1 heterocycles. The van der Waals surface area contributed by atoms with Crippen molar-refractivity contribution in [3.05, 3.63) is 164 Å². The minimum absolute atomic E-state index is 0.984. The van der Waals surface area contributed by atoms with Gasteiger partial charge in [0.1, 0.15) is 0 Å². The summed E-state index contributed by atoms with van der Waals surface area (Å²) in [7, 11) is 0. The van der Waals surface area contributed by atoms with E-state index in [0.717, 1.165) is 11.3 Å². The highest BCUT2D eigenvalue weighted by molar-refractivity contribution is 6.21. The maximum Gasteiger partial charge on any atom is 0.0714 e. The van der Waals surface area contributed by atoms with Crippen molar-refractivity contribution in [3.8, 4) is 33.5 Å². The molecule has 0 bridgehead atoms. The average molecular weight is 558 g/mol. The van der Waals surface area contributed by atoms with Gasteiger partial charge in [-0.3, -0.25) is 4.98 Å². The Bertz CT molecular complexity index is 2470. The van der Waals surface area contributed by atoms with Crippen LogP contribution in [-0.4, -0.2) is 4.98 Å². The number of fused-ring (bicyclic) bond motifs is 6. The molecular formula is C43H27N. The number of aromatic nitrogens is 1. The summed E-state index contributed by atoms with van der Waals surface area (Å²) in [5, 5.41) is 12.5. The van der Waals surface area contributed by atoms with Crippen LogP contribution >= 0.6 is 0 Å². The van der Waals surface area contributed by atoms with Crippen LogP contribution in [0.3, 0.4) is 0 Å². The van der Waals surface area contributed by atoms with Crippen LogP contribution < -0.4 is 0 Å². The van der Waals surface area contributed by atoms with Crippen LogP contribution in [0.5, 0.6) is 0 Å². The molecule has 0 atom stereocenters. The first kappa shape index (κ1) is 24.8. The summed E-state index contributed by atoms with van der Waals surface area (Å²) < 4.78 is 0. The molecule has 9 rings (SSSR count). The van der Waals surface area contributed by atoms with Crippen LogP contribution in [0, 0.1) is 0 Å². The molecule has 1 heteroatoms. The lowest BCUT2D eigenvalue weighted by Gasteiger charge is -2.17. The van der Waals surface area contributed by atoms with Crippen molar-refractivity contribution in [3.63, 3.8) is 0 Å². The van der Waals surface area contributed by atoms with E-state index in [-0.39, 0.29) is 0 Å². The molecule has 0 radical (unpaired) electrons. The summed E-state index contributed by atoms with van der Waals surface area (Å²) in [6.07, 6.45) is 2.04. The Morgan fingerprint density at radius 2 is 0.932 bits per heavy atom. The molecule has 0 unspecified atom stereocenters. The first-order valence-electron chi connectivity index (χ1n) is 15.1. The van der Waals surface area contributed by atoms with E-state index in [2.05, 4.69) is 158 Å². The Morgan fingerprint density at radius 3 is 1.61 bits per heavy atom. The third-order valence-electron chi connectivity index (χ3n) is 9.07. The van der Waals surface area contributed by atoms with Crippen molar-refractivity contribution >= 4 is 53.9 Å². The van der Waals surface area contributed by atoms with Gasteiger partial charge in [0.2, 0.25) is 0 Å². The number of hydrogen-bond acceptors (Lipinski definition) is 1. The van der Waals surface area contributed by atoms with Gasteiger partial charge in [-0.15, -0.1) is 0 Å². The predicted octanol–water partition coefficient (Wildman–Crippen LogP) is 11.8. The van der Waals surface area contributed by atoms with Crippen molar-refractivity contribution in [2.75, 3.05) is 0 Å². The zero-order chi connectivity index (χ0) is 29.0. The van der Waals surface area contributed by atoms with Gasteiger partial charge in [-0.05, 0) is 88.8 Å². The largest absolute Gasteiger partial charge is 0.256 e. The van der Waals surface area contributed by atoms with E-state index in [9.17, 15) is 0 Å². The maximum absolute atomic E-state index is 5.14. The van der Waals surface area contributed by atoms with Crippen molar-refractivity contribution in [2.45, 2.75) is 0 Å². The fraction of sp³-hybridized carbons (Fsp3) is 0. The van der Waals surface area contributed by atoms with E-state index in [4.69, 9.17) is 4.98 Å². The molecule has 204 valence electrons. The zero-order valence-corrected chi connectivity index (χ0v) is 24.0. The first-order chi connectivity index (χ1) is 21.8.